The summed E-state index contributed by atoms with van der Waals surface area (Å²) in [6.45, 7) is 11.5. The van der Waals surface area contributed by atoms with Crippen LogP contribution in [0.4, 0.5) is 11.5 Å². The van der Waals surface area contributed by atoms with Gasteiger partial charge >= 0.3 is 0 Å². The molecule has 3 rings (SSSR count). The summed E-state index contributed by atoms with van der Waals surface area (Å²) < 4.78 is 0. The number of benzene rings is 1. The van der Waals surface area contributed by atoms with Gasteiger partial charge in [-0.2, -0.15) is 0 Å². The standard InChI is InChI=1S/C21H30ClN5OS/c1-4-15(3)24-21(28)19-20(23-5-2)25-18(29-19)14-26-10-12-27(13-11-26)17-8-6-16(22)7-9-17/h6-9,15,23H,4-5,10-14H2,1-3H3,(H,24,28). The Kier molecular flexibility index (Phi) is 7.75. The summed E-state index contributed by atoms with van der Waals surface area (Å²) in [5.74, 6) is 0.666. The first-order valence-electron chi connectivity index (χ1n) is 10.3. The fourth-order valence-electron chi connectivity index (χ4n) is 3.27. The average Bonchev–Trinajstić information content (AvgIpc) is 3.12. The molecular weight excluding hydrogens is 406 g/mol. The number of nitrogens with zero attached hydrogens (tertiary/aromatic N) is 3. The van der Waals surface area contributed by atoms with Crippen molar-refractivity contribution in [3.8, 4) is 0 Å². The zero-order valence-electron chi connectivity index (χ0n) is 17.4. The van der Waals surface area contributed by atoms with Crippen LogP contribution in [0.15, 0.2) is 24.3 Å². The maximum absolute atomic E-state index is 12.6. The minimum absolute atomic E-state index is 0.0355. The fraction of sp³-hybridized carbons (Fsp3) is 0.524. The Morgan fingerprint density at radius 2 is 1.90 bits per heavy atom. The molecule has 2 heterocycles. The Balaban J connectivity index is 1.61. The van der Waals surface area contributed by atoms with Crippen LogP contribution in [0.25, 0.3) is 0 Å². The van der Waals surface area contributed by atoms with Crippen molar-refractivity contribution in [1.82, 2.24) is 15.2 Å². The molecule has 1 amide bonds. The van der Waals surface area contributed by atoms with Crippen molar-refractivity contribution >= 4 is 40.4 Å². The van der Waals surface area contributed by atoms with E-state index in [1.165, 1.54) is 17.0 Å². The molecule has 1 atom stereocenters. The van der Waals surface area contributed by atoms with Gasteiger partial charge in [-0.1, -0.05) is 18.5 Å². The lowest BCUT2D eigenvalue weighted by molar-refractivity contribution is 0.0944. The van der Waals surface area contributed by atoms with E-state index in [1.807, 2.05) is 26.0 Å². The Labute approximate surface area is 182 Å². The van der Waals surface area contributed by atoms with Gasteiger partial charge < -0.3 is 15.5 Å². The summed E-state index contributed by atoms with van der Waals surface area (Å²) >= 11 is 7.49. The van der Waals surface area contributed by atoms with Crippen LogP contribution in [-0.2, 0) is 6.54 Å². The summed E-state index contributed by atoms with van der Waals surface area (Å²) in [6.07, 6.45) is 0.909. The molecule has 1 aromatic heterocycles. The van der Waals surface area contributed by atoms with Crippen LogP contribution in [-0.4, -0.2) is 54.6 Å². The van der Waals surface area contributed by atoms with Gasteiger partial charge in [0.1, 0.15) is 15.7 Å². The van der Waals surface area contributed by atoms with Gasteiger partial charge in [-0.15, -0.1) is 11.3 Å². The Bertz CT molecular complexity index is 802. The number of rotatable bonds is 8. The van der Waals surface area contributed by atoms with Crippen molar-refractivity contribution in [2.24, 2.45) is 0 Å². The van der Waals surface area contributed by atoms with E-state index in [9.17, 15) is 4.79 Å². The van der Waals surface area contributed by atoms with E-state index in [1.54, 1.807) is 0 Å². The molecule has 2 N–H and O–H groups in total. The first-order valence-corrected chi connectivity index (χ1v) is 11.5. The number of amides is 1. The van der Waals surface area contributed by atoms with E-state index in [-0.39, 0.29) is 11.9 Å². The van der Waals surface area contributed by atoms with Crippen molar-refractivity contribution in [1.29, 1.82) is 0 Å². The smallest absolute Gasteiger partial charge is 0.265 e. The molecule has 0 aliphatic carbocycles. The molecule has 29 heavy (non-hydrogen) atoms. The zero-order valence-corrected chi connectivity index (χ0v) is 18.9. The van der Waals surface area contributed by atoms with Crippen molar-refractivity contribution in [2.45, 2.75) is 39.8 Å². The van der Waals surface area contributed by atoms with E-state index in [4.69, 9.17) is 16.6 Å². The fourth-order valence-corrected chi connectivity index (χ4v) is 4.38. The highest BCUT2D eigenvalue weighted by molar-refractivity contribution is 7.14. The number of hydrogen-bond acceptors (Lipinski definition) is 6. The molecule has 6 nitrogen and oxygen atoms in total. The van der Waals surface area contributed by atoms with Gasteiger partial charge in [0.15, 0.2) is 0 Å². The topological polar surface area (TPSA) is 60.5 Å². The lowest BCUT2D eigenvalue weighted by atomic mass is 10.2. The van der Waals surface area contributed by atoms with Crippen LogP contribution in [0.3, 0.4) is 0 Å². The van der Waals surface area contributed by atoms with Gasteiger partial charge in [0.25, 0.3) is 5.91 Å². The van der Waals surface area contributed by atoms with Gasteiger partial charge in [0.2, 0.25) is 0 Å². The van der Waals surface area contributed by atoms with Crippen LogP contribution in [0.5, 0.6) is 0 Å². The lowest BCUT2D eigenvalue weighted by Crippen LogP contribution is -2.45. The van der Waals surface area contributed by atoms with Crippen molar-refractivity contribution in [2.75, 3.05) is 42.9 Å². The quantitative estimate of drug-likeness (QED) is 0.654. The van der Waals surface area contributed by atoms with Gasteiger partial charge in [-0.3, -0.25) is 9.69 Å². The highest BCUT2D eigenvalue weighted by Gasteiger charge is 2.22. The Morgan fingerprint density at radius 3 is 2.52 bits per heavy atom. The summed E-state index contributed by atoms with van der Waals surface area (Å²) in [5, 5.41) is 8.04. The SMILES string of the molecule is CCNc1nc(CN2CCN(c3ccc(Cl)cc3)CC2)sc1C(=O)NC(C)CC. The molecule has 0 bridgehead atoms. The van der Waals surface area contributed by atoms with E-state index in [2.05, 4.69) is 39.5 Å². The minimum Gasteiger partial charge on any atom is -0.369 e. The third-order valence-electron chi connectivity index (χ3n) is 5.13. The molecule has 0 radical (unpaired) electrons. The molecule has 1 aliphatic heterocycles. The number of carbonyl (C=O) groups excluding carboxylic acids is 1. The molecule has 2 aromatic rings. The molecule has 1 aliphatic rings. The third-order valence-corrected chi connectivity index (χ3v) is 6.43. The van der Waals surface area contributed by atoms with Gasteiger partial charge in [-0.25, -0.2) is 4.98 Å². The van der Waals surface area contributed by atoms with Crippen molar-refractivity contribution in [3.63, 3.8) is 0 Å². The van der Waals surface area contributed by atoms with Crippen LogP contribution in [0.2, 0.25) is 5.02 Å². The van der Waals surface area contributed by atoms with Crippen LogP contribution < -0.4 is 15.5 Å². The molecular formula is C21H30ClN5OS. The van der Waals surface area contributed by atoms with E-state index in [0.717, 1.165) is 55.7 Å². The molecule has 1 saturated heterocycles. The second-order valence-corrected chi connectivity index (χ2v) is 8.86. The predicted octanol–water partition coefficient (Wildman–Crippen LogP) is 4.08. The number of carbonyl (C=O) groups is 1. The maximum Gasteiger partial charge on any atom is 0.265 e. The molecule has 0 saturated carbocycles. The second kappa shape index (κ2) is 10.3. The highest BCUT2D eigenvalue weighted by Crippen LogP contribution is 2.26. The zero-order chi connectivity index (χ0) is 20.8. The van der Waals surface area contributed by atoms with Gasteiger partial charge in [0.05, 0.1) is 6.54 Å². The minimum atomic E-state index is -0.0355. The van der Waals surface area contributed by atoms with E-state index >= 15 is 0 Å². The number of nitrogens with one attached hydrogen (secondary N) is 2. The van der Waals surface area contributed by atoms with Gasteiger partial charge in [0, 0.05) is 49.5 Å². The van der Waals surface area contributed by atoms with Crippen molar-refractivity contribution < 1.29 is 4.79 Å². The van der Waals surface area contributed by atoms with Crippen LogP contribution in [0.1, 0.15) is 41.9 Å². The number of halogens is 1. The van der Waals surface area contributed by atoms with E-state index in [0.29, 0.717) is 10.7 Å². The summed E-state index contributed by atoms with van der Waals surface area (Å²) in [5.41, 5.74) is 1.21. The molecule has 158 valence electrons. The Morgan fingerprint density at radius 1 is 1.21 bits per heavy atom. The molecule has 0 spiro atoms. The number of piperazine rings is 1. The predicted molar refractivity (Wildman–Crippen MR) is 122 cm³/mol. The maximum atomic E-state index is 12.6. The second-order valence-electron chi connectivity index (χ2n) is 7.34. The monoisotopic (exact) mass is 435 g/mol. The van der Waals surface area contributed by atoms with Crippen molar-refractivity contribution in [3.05, 3.63) is 39.2 Å². The summed E-state index contributed by atoms with van der Waals surface area (Å²) in [6, 6.07) is 8.18. The van der Waals surface area contributed by atoms with Gasteiger partial charge in [-0.05, 0) is 44.5 Å². The average molecular weight is 436 g/mol. The number of hydrogen-bond donors (Lipinski definition) is 2. The molecule has 8 heteroatoms. The number of thiazole rings is 1. The first-order chi connectivity index (χ1) is 14.0. The Hall–Kier alpha value is -1.83. The molecule has 1 unspecified atom stereocenters. The summed E-state index contributed by atoms with van der Waals surface area (Å²) in [7, 11) is 0. The highest BCUT2D eigenvalue weighted by atomic mass is 35.5. The van der Waals surface area contributed by atoms with Crippen LogP contribution >= 0.6 is 22.9 Å². The van der Waals surface area contributed by atoms with Crippen LogP contribution in [0, 0.1) is 0 Å². The third kappa shape index (κ3) is 5.84. The summed E-state index contributed by atoms with van der Waals surface area (Å²) in [4.78, 5) is 22.8. The molecule has 1 aromatic carbocycles. The molecule has 1 fully saturated rings. The number of aromatic nitrogens is 1. The normalized spacial score (nSPS) is 15.9. The lowest BCUT2D eigenvalue weighted by Gasteiger charge is -2.35. The van der Waals surface area contributed by atoms with E-state index < -0.39 is 0 Å². The first kappa shape index (κ1) is 21.9. The number of anilines is 2. The largest absolute Gasteiger partial charge is 0.369 e.